The molecule has 2 aliphatic rings. The average molecular weight is 496 g/mol. The van der Waals surface area contributed by atoms with Crippen LogP contribution in [0.15, 0.2) is 71.9 Å². The largest absolute Gasteiger partial charge is 0.456 e. The molecular weight excluding hydrogens is 466 g/mol. The van der Waals surface area contributed by atoms with Gasteiger partial charge in [0.1, 0.15) is 29.1 Å². The molecule has 0 amide bonds. The van der Waals surface area contributed by atoms with Gasteiger partial charge in [-0.15, -0.1) is 0 Å². The van der Waals surface area contributed by atoms with Crippen molar-refractivity contribution in [1.82, 2.24) is 15.0 Å². The number of morpholine rings is 1. The summed E-state index contributed by atoms with van der Waals surface area (Å²) in [6.07, 6.45) is 5.89. The Morgan fingerprint density at radius 2 is 1.97 bits per heavy atom. The second kappa shape index (κ2) is 9.71. The highest BCUT2D eigenvalue weighted by Crippen LogP contribution is 2.43. The Hall–Kier alpha value is -4.17. The van der Waals surface area contributed by atoms with E-state index in [1.807, 2.05) is 43.6 Å². The van der Waals surface area contributed by atoms with Gasteiger partial charge < -0.3 is 24.7 Å². The number of para-hydroxylation sites is 1. The number of hydrogen-bond acceptors (Lipinski definition) is 7. The van der Waals surface area contributed by atoms with Gasteiger partial charge >= 0.3 is 0 Å². The van der Waals surface area contributed by atoms with Crippen LogP contribution in [0.25, 0.3) is 0 Å². The van der Waals surface area contributed by atoms with E-state index in [-0.39, 0.29) is 17.7 Å². The summed E-state index contributed by atoms with van der Waals surface area (Å²) in [6, 6.07) is 16.1. The van der Waals surface area contributed by atoms with E-state index in [0.29, 0.717) is 25.4 Å². The second-order valence-corrected chi connectivity index (χ2v) is 9.61. The van der Waals surface area contributed by atoms with E-state index in [2.05, 4.69) is 56.4 Å². The van der Waals surface area contributed by atoms with E-state index in [1.54, 1.807) is 6.20 Å². The minimum Gasteiger partial charge on any atom is -0.456 e. The lowest BCUT2D eigenvalue weighted by Gasteiger charge is -2.35. The molecule has 2 N–H and O–H groups in total. The van der Waals surface area contributed by atoms with E-state index in [0.717, 1.165) is 51.7 Å². The minimum absolute atomic E-state index is 0.0229. The third-order valence-corrected chi connectivity index (χ3v) is 6.90. The van der Waals surface area contributed by atoms with E-state index >= 15 is 0 Å². The van der Waals surface area contributed by atoms with Crippen molar-refractivity contribution >= 4 is 11.4 Å². The molecule has 6 rings (SSSR count). The number of aryl methyl sites for hydroxylation is 1. The smallest absolute Gasteiger partial charge is 0.271 e. The second-order valence-electron chi connectivity index (χ2n) is 9.61. The molecule has 2 aliphatic heterocycles. The maximum atomic E-state index is 12.3. The van der Waals surface area contributed by atoms with Gasteiger partial charge in [-0.1, -0.05) is 18.2 Å². The van der Waals surface area contributed by atoms with Crippen molar-refractivity contribution in [3.63, 3.8) is 0 Å². The van der Waals surface area contributed by atoms with E-state index in [1.165, 1.54) is 0 Å². The van der Waals surface area contributed by atoms with Crippen LogP contribution < -0.4 is 20.5 Å². The number of aromatic nitrogens is 3. The molecule has 0 spiro atoms. The Bertz CT molecular complexity index is 1480. The van der Waals surface area contributed by atoms with Gasteiger partial charge in [-0.05, 0) is 55.3 Å². The van der Waals surface area contributed by atoms with Crippen molar-refractivity contribution < 1.29 is 9.47 Å². The zero-order chi connectivity index (χ0) is 25.4. The third-order valence-electron chi connectivity index (χ3n) is 6.90. The van der Waals surface area contributed by atoms with Crippen molar-refractivity contribution in [3.8, 4) is 11.5 Å². The molecule has 2 aromatic heterocycles. The Balaban J connectivity index is 1.22. The van der Waals surface area contributed by atoms with Crippen LogP contribution in [0.5, 0.6) is 11.5 Å². The highest BCUT2D eigenvalue weighted by molar-refractivity contribution is 5.59. The van der Waals surface area contributed by atoms with Gasteiger partial charge in [0, 0.05) is 54.9 Å². The number of hydrogen-bond donors (Lipinski definition) is 2. The van der Waals surface area contributed by atoms with Crippen LogP contribution in [-0.4, -0.2) is 34.6 Å². The van der Waals surface area contributed by atoms with Crippen LogP contribution in [0.3, 0.4) is 0 Å². The molecule has 2 atom stereocenters. The number of H-pyrrole nitrogens is 1. The van der Waals surface area contributed by atoms with Crippen molar-refractivity contribution in [2.75, 3.05) is 29.9 Å². The van der Waals surface area contributed by atoms with Gasteiger partial charge in [-0.25, -0.2) is 9.97 Å². The molecule has 0 radical (unpaired) electrons. The van der Waals surface area contributed by atoms with E-state index < -0.39 is 0 Å². The normalized spacial score (nSPS) is 17.4. The highest BCUT2D eigenvalue weighted by Gasteiger charge is 2.29. The highest BCUT2D eigenvalue weighted by atomic mass is 16.5. The van der Waals surface area contributed by atoms with Crippen LogP contribution >= 0.6 is 0 Å². The van der Waals surface area contributed by atoms with Gasteiger partial charge in [0.05, 0.1) is 12.6 Å². The summed E-state index contributed by atoms with van der Waals surface area (Å²) >= 11 is 0. The minimum atomic E-state index is -0.193. The predicted octanol–water partition coefficient (Wildman–Crippen LogP) is 4.92. The molecule has 2 unspecified atom stereocenters. The predicted molar refractivity (Wildman–Crippen MR) is 143 cm³/mol. The van der Waals surface area contributed by atoms with Gasteiger partial charge in [0.15, 0.2) is 0 Å². The maximum Gasteiger partial charge on any atom is 0.271 e. The molecule has 37 heavy (non-hydrogen) atoms. The topological polar surface area (TPSA) is 92.4 Å². The lowest BCUT2D eigenvalue weighted by molar-refractivity contribution is 0.0383. The first-order chi connectivity index (χ1) is 18.0. The lowest BCUT2D eigenvalue weighted by Crippen LogP contribution is -2.41. The molecule has 1 fully saturated rings. The molecule has 8 nitrogen and oxygen atoms in total. The molecule has 0 saturated carbocycles. The Morgan fingerprint density at radius 3 is 2.81 bits per heavy atom. The summed E-state index contributed by atoms with van der Waals surface area (Å²) in [4.78, 5) is 26.1. The number of pyridine rings is 1. The number of benzene rings is 2. The van der Waals surface area contributed by atoms with Crippen molar-refractivity contribution in [3.05, 3.63) is 106 Å². The third kappa shape index (κ3) is 4.68. The van der Waals surface area contributed by atoms with Crippen LogP contribution in [0.2, 0.25) is 0 Å². The molecule has 8 heteroatoms. The first-order valence-corrected chi connectivity index (χ1v) is 12.6. The summed E-state index contributed by atoms with van der Waals surface area (Å²) in [5.41, 5.74) is 5.86. The van der Waals surface area contributed by atoms with Crippen molar-refractivity contribution in [2.45, 2.75) is 32.4 Å². The molecule has 4 aromatic rings. The first-order valence-electron chi connectivity index (χ1n) is 12.6. The lowest BCUT2D eigenvalue weighted by atomic mass is 9.95. The molecule has 4 heterocycles. The number of nitrogens with zero attached hydrogens (tertiary/aromatic N) is 3. The fourth-order valence-electron chi connectivity index (χ4n) is 5.00. The Morgan fingerprint density at radius 1 is 1.11 bits per heavy atom. The zero-order valence-corrected chi connectivity index (χ0v) is 20.9. The summed E-state index contributed by atoms with van der Waals surface area (Å²) in [6.45, 7) is 5.83. The fraction of sp³-hybridized carbons (Fsp3) is 0.276. The number of ether oxygens (including phenoxy) is 2. The van der Waals surface area contributed by atoms with Gasteiger partial charge in [-0.2, -0.15) is 0 Å². The van der Waals surface area contributed by atoms with Crippen LogP contribution in [0.4, 0.5) is 11.4 Å². The zero-order valence-electron chi connectivity index (χ0n) is 20.9. The molecule has 2 aromatic carbocycles. The van der Waals surface area contributed by atoms with Crippen LogP contribution in [0.1, 0.15) is 47.1 Å². The molecule has 0 bridgehead atoms. The number of anilines is 2. The number of nitrogens with one attached hydrogen (secondary N) is 2. The monoisotopic (exact) mass is 495 g/mol. The van der Waals surface area contributed by atoms with Crippen molar-refractivity contribution in [1.29, 1.82) is 0 Å². The quantitative estimate of drug-likeness (QED) is 0.358. The van der Waals surface area contributed by atoms with E-state index in [9.17, 15) is 4.79 Å². The fourth-order valence-corrected chi connectivity index (χ4v) is 5.00. The SMILES string of the molecule is Cc1cnc(C(C)Nc2ccc3c(c2)Cc2cccc(C4CN(c5ccc[nH]c5=O)CCO4)c2O3)nc1. The molecular formula is C29H29N5O3. The number of fused-ring (bicyclic) bond motifs is 2. The first kappa shape index (κ1) is 23.2. The standard InChI is InChI=1S/C29H29N5O3/c1-18-15-31-28(32-16-18)19(2)33-22-8-9-25-21(14-22)13-20-5-3-6-23(27(20)37-25)26-17-34(11-12-36-26)24-7-4-10-30-29(24)35/h3-10,14-16,19,26,33H,11-13,17H2,1-2H3,(H,30,35). The summed E-state index contributed by atoms with van der Waals surface area (Å²) in [7, 11) is 0. The van der Waals surface area contributed by atoms with Gasteiger partial charge in [-0.3, -0.25) is 4.79 Å². The molecule has 1 saturated heterocycles. The Labute approximate surface area is 215 Å². The molecule has 0 aliphatic carbocycles. The Kier molecular flexibility index (Phi) is 6.10. The van der Waals surface area contributed by atoms with E-state index in [4.69, 9.17) is 9.47 Å². The average Bonchev–Trinajstić information content (AvgIpc) is 2.92. The summed E-state index contributed by atoms with van der Waals surface area (Å²) < 4.78 is 12.6. The maximum absolute atomic E-state index is 12.3. The summed E-state index contributed by atoms with van der Waals surface area (Å²) in [5.74, 6) is 2.46. The van der Waals surface area contributed by atoms with Gasteiger partial charge in [0.2, 0.25) is 0 Å². The van der Waals surface area contributed by atoms with Crippen molar-refractivity contribution in [2.24, 2.45) is 0 Å². The van der Waals surface area contributed by atoms with Crippen LogP contribution in [0, 0.1) is 6.92 Å². The molecule has 188 valence electrons. The van der Waals surface area contributed by atoms with Crippen LogP contribution in [-0.2, 0) is 11.2 Å². The number of aromatic amines is 1. The summed E-state index contributed by atoms with van der Waals surface area (Å²) in [5, 5.41) is 3.51. The van der Waals surface area contributed by atoms with Gasteiger partial charge in [0.25, 0.3) is 5.56 Å². The number of rotatable bonds is 5.